The lowest BCUT2D eigenvalue weighted by molar-refractivity contribution is 0.489. The molecule has 1 atom stereocenters. The molecule has 1 fully saturated rings. The summed E-state index contributed by atoms with van der Waals surface area (Å²) >= 11 is 5.04. The van der Waals surface area contributed by atoms with E-state index in [9.17, 15) is 0 Å². The Kier molecular flexibility index (Phi) is 3.57. The zero-order valence-electron chi connectivity index (χ0n) is 10.3. The maximum absolute atomic E-state index is 5.71. The summed E-state index contributed by atoms with van der Waals surface area (Å²) in [5.74, 6) is 1.44. The SMILES string of the molecule is CC(C)C1CCCN1c1nccnc1C(N)=S. The van der Waals surface area contributed by atoms with Crippen LogP contribution in [0.15, 0.2) is 12.4 Å². The fourth-order valence-electron chi connectivity index (χ4n) is 2.46. The molecule has 0 saturated carbocycles. The Morgan fingerprint density at radius 2 is 2.18 bits per heavy atom. The van der Waals surface area contributed by atoms with E-state index in [4.69, 9.17) is 18.0 Å². The third kappa shape index (κ3) is 2.39. The van der Waals surface area contributed by atoms with Gasteiger partial charge in [-0.25, -0.2) is 9.97 Å². The van der Waals surface area contributed by atoms with Gasteiger partial charge >= 0.3 is 0 Å². The van der Waals surface area contributed by atoms with Crippen molar-refractivity contribution in [3.8, 4) is 0 Å². The number of hydrogen-bond donors (Lipinski definition) is 1. The van der Waals surface area contributed by atoms with Gasteiger partial charge in [0.2, 0.25) is 0 Å². The quantitative estimate of drug-likeness (QED) is 0.828. The largest absolute Gasteiger partial charge is 0.388 e. The molecule has 92 valence electrons. The van der Waals surface area contributed by atoms with Gasteiger partial charge in [0, 0.05) is 25.0 Å². The zero-order valence-corrected chi connectivity index (χ0v) is 11.1. The van der Waals surface area contributed by atoms with Crippen molar-refractivity contribution in [1.82, 2.24) is 9.97 Å². The molecule has 5 heteroatoms. The Balaban J connectivity index is 2.36. The summed E-state index contributed by atoms with van der Waals surface area (Å²) in [7, 11) is 0. The Morgan fingerprint density at radius 1 is 1.47 bits per heavy atom. The van der Waals surface area contributed by atoms with Crippen LogP contribution in [-0.2, 0) is 0 Å². The first-order valence-corrected chi connectivity index (χ1v) is 6.39. The number of nitrogens with zero attached hydrogens (tertiary/aromatic N) is 3. The van der Waals surface area contributed by atoms with Crippen LogP contribution in [-0.4, -0.2) is 27.5 Å². The lowest BCUT2D eigenvalue weighted by Crippen LogP contribution is -2.35. The number of hydrogen-bond acceptors (Lipinski definition) is 4. The van der Waals surface area contributed by atoms with Gasteiger partial charge in [-0.15, -0.1) is 0 Å². The highest BCUT2D eigenvalue weighted by Crippen LogP contribution is 2.29. The van der Waals surface area contributed by atoms with Crippen LogP contribution in [0.4, 0.5) is 5.82 Å². The molecule has 0 spiro atoms. The van der Waals surface area contributed by atoms with Crippen LogP contribution in [0.25, 0.3) is 0 Å². The highest BCUT2D eigenvalue weighted by molar-refractivity contribution is 7.80. The first kappa shape index (κ1) is 12.2. The average molecular weight is 250 g/mol. The molecule has 0 amide bonds. The molecule has 0 aliphatic carbocycles. The molecular weight excluding hydrogens is 232 g/mol. The minimum atomic E-state index is 0.322. The van der Waals surface area contributed by atoms with Crippen molar-refractivity contribution < 1.29 is 0 Å². The average Bonchev–Trinajstić information content (AvgIpc) is 2.77. The third-order valence-electron chi connectivity index (χ3n) is 3.25. The fraction of sp³-hybridized carbons (Fsp3) is 0.583. The molecule has 1 saturated heterocycles. The van der Waals surface area contributed by atoms with Crippen molar-refractivity contribution in [3.63, 3.8) is 0 Å². The summed E-state index contributed by atoms with van der Waals surface area (Å²) in [4.78, 5) is 11.3. The van der Waals surface area contributed by atoms with E-state index in [1.807, 2.05) is 0 Å². The van der Waals surface area contributed by atoms with Crippen LogP contribution >= 0.6 is 12.2 Å². The Bertz CT molecular complexity index is 419. The Morgan fingerprint density at radius 3 is 2.82 bits per heavy atom. The lowest BCUT2D eigenvalue weighted by Gasteiger charge is -2.29. The van der Waals surface area contributed by atoms with E-state index in [1.54, 1.807) is 12.4 Å². The number of anilines is 1. The summed E-state index contributed by atoms with van der Waals surface area (Å²) in [5, 5.41) is 0. The predicted octanol–water partition coefficient (Wildman–Crippen LogP) is 1.74. The van der Waals surface area contributed by atoms with Crippen molar-refractivity contribution in [2.24, 2.45) is 11.7 Å². The van der Waals surface area contributed by atoms with E-state index < -0.39 is 0 Å². The van der Waals surface area contributed by atoms with Crippen molar-refractivity contribution in [2.75, 3.05) is 11.4 Å². The number of nitrogens with two attached hydrogens (primary N) is 1. The van der Waals surface area contributed by atoms with E-state index in [-0.39, 0.29) is 0 Å². The molecule has 2 rings (SSSR count). The molecule has 1 aliphatic rings. The van der Waals surface area contributed by atoms with Crippen molar-refractivity contribution in [2.45, 2.75) is 32.7 Å². The van der Waals surface area contributed by atoms with Crippen LogP contribution in [0.5, 0.6) is 0 Å². The molecule has 17 heavy (non-hydrogen) atoms. The van der Waals surface area contributed by atoms with Gasteiger partial charge in [0.05, 0.1) is 0 Å². The first-order chi connectivity index (χ1) is 8.11. The van der Waals surface area contributed by atoms with Crippen molar-refractivity contribution in [1.29, 1.82) is 0 Å². The molecule has 4 nitrogen and oxygen atoms in total. The van der Waals surface area contributed by atoms with Gasteiger partial charge in [0.15, 0.2) is 5.82 Å². The molecule has 1 aromatic heterocycles. The lowest BCUT2D eigenvalue weighted by atomic mass is 10.0. The monoisotopic (exact) mass is 250 g/mol. The normalized spacial score (nSPS) is 19.9. The van der Waals surface area contributed by atoms with Crippen molar-refractivity contribution in [3.05, 3.63) is 18.1 Å². The number of thiocarbonyl (C=S) groups is 1. The molecule has 2 N–H and O–H groups in total. The van der Waals surface area contributed by atoms with E-state index in [0.29, 0.717) is 22.6 Å². The summed E-state index contributed by atoms with van der Waals surface area (Å²) in [6.45, 7) is 5.48. The Hall–Kier alpha value is -1.23. The molecule has 0 bridgehead atoms. The van der Waals surface area contributed by atoms with Crippen molar-refractivity contribution >= 4 is 23.0 Å². The molecule has 2 heterocycles. The van der Waals surface area contributed by atoms with Crippen LogP contribution in [0, 0.1) is 5.92 Å². The second-order valence-electron chi connectivity index (χ2n) is 4.74. The first-order valence-electron chi connectivity index (χ1n) is 5.98. The summed E-state index contributed by atoms with van der Waals surface area (Å²) in [5.41, 5.74) is 6.35. The summed E-state index contributed by atoms with van der Waals surface area (Å²) in [6.07, 6.45) is 5.73. The second-order valence-corrected chi connectivity index (χ2v) is 5.18. The summed E-state index contributed by atoms with van der Waals surface area (Å²) in [6, 6.07) is 0.514. The van der Waals surface area contributed by atoms with Crippen LogP contribution in [0.2, 0.25) is 0 Å². The molecule has 1 aliphatic heterocycles. The highest BCUT2D eigenvalue weighted by Gasteiger charge is 2.30. The molecule has 0 aromatic carbocycles. The predicted molar refractivity (Wildman–Crippen MR) is 73.1 cm³/mol. The molecular formula is C12H18N4S. The van der Waals surface area contributed by atoms with Gasteiger partial charge in [-0.2, -0.15) is 0 Å². The van der Waals surface area contributed by atoms with Gasteiger partial charge in [-0.1, -0.05) is 26.1 Å². The van der Waals surface area contributed by atoms with Gasteiger partial charge in [-0.3, -0.25) is 0 Å². The maximum Gasteiger partial charge on any atom is 0.157 e. The maximum atomic E-state index is 5.71. The van der Waals surface area contributed by atoms with Gasteiger partial charge < -0.3 is 10.6 Å². The van der Waals surface area contributed by atoms with Crippen LogP contribution in [0.3, 0.4) is 0 Å². The minimum Gasteiger partial charge on any atom is -0.388 e. The third-order valence-corrected chi connectivity index (χ3v) is 3.45. The van der Waals surface area contributed by atoms with Gasteiger partial charge in [0.25, 0.3) is 0 Å². The number of rotatable bonds is 3. The molecule has 0 radical (unpaired) electrons. The van der Waals surface area contributed by atoms with E-state index in [2.05, 4.69) is 28.7 Å². The number of aromatic nitrogens is 2. The zero-order chi connectivity index (χ0) is 12.4. The van der Waals surface area contributed by atoms with E-state index in [1.165, 1.54) is 12.8 Å². The van der Waals surface area contributed by atoms with E-state index in [0.717, 1.165) is 12.4 Å². The van der Waals surface area contributed by atoms with E-state index >= 15 is 0 Å². The van der Waals surface area contributed by atoms with Crippen LogP contribution < -0.4 is 10.6 Å². The minimum absolute atomic E-state index is 0.322. The van der Waals surface area contributed by atoms with Gasteiger partial charge in [0.1, 0.15) is 10.7 Å². The second kappa shape index (κ2) is 4.96. The summed E-state index contributed by atoms with van der Waals surface area (Å²) < 4.78 is 0. The van der Waals surface area contributed by atoms with Crippen LogP contribution in [0.1, 0.15) is 32.4 Å². The standard InChI is InChI=1S/C12H18N4S/c1-8(2)9-4-3-7-16(9)12-10(11(13)17)14-5-6-15-12/h5-6,8-9H,3-4,7H2,1-2H3,(H2,13,17). The molecule has 1 aromatic rings. The molecule has 1 unspecified atom stereocenters. The fourth-order valence-corrected chi connectivity index (χ4v) is 2.61. The Labute approximate surface area is 107 Å². The smallest absolute Gasteiger partial charge is 0.157 e. The van der Waals surface area contributed by atoms with Gasteiger partial charge in [-0.05, 0) is 18.8 Å². The highest BCUT2D eigenvalue weighted by atomic mass is 32.1. The topological polar surface area (TPSA) is 55.0 Å².